The number of halogens is 1. The summed E-state index contributed by atoms with van der Waals surface area (Å²) >= 11 is 0. The normalized spacial score (nSPS) is 19.8. The topological polar surface area (TPSA) is 121 Å². The maximum absolute atomic E-state index is 15.6. The number of hydrogen-bond donors (Lipinski definition) is 2. The number of fused-ring (bicyclic) bond motifs is 3. The van der Waals surface area contributed by atoms with Crippen LogP contribution in [0.15, 0.2) is 47.7 Å². The monoisotopic (exact) mass is 668 g/mol. The zero-order valence-corrected chi connectivity index (χ0v) is 27.9. The van der Waals surface area contributed by atoms with Gasteiger partial charge >= 0.3 is 0 Å². The van der Waals surface area contributed by atoms with Gasteiger partial charge < -0.3 is 29.2 Å². The van der Waals surface area contributed by atoms with Gasteiger partial charge in [0.1, 0.15) is 23.0 Å². The van der Waals surface area contributed by atoms with Crippen LogP contribution in [0.5, 0.6) is 0 Å². The van der Waals surface area contributed by atoms with Crippen LogP contribution in [-0.4, -0.2) is 86.5 Å². The second kappa shape index (κ2) is 12.7. The molecular weight excluding hydrogens is 627 g/mol. The number of rotatable bonds is 7. The largest absolute Gasteiger partial charge is 0.392 e. The number of aryl methyl sites for hydroxylation is 1. The second-order valence-electron chi connectivity index (χ2n) is 13.5. The summed E-state index contributed by atoms with van der Waals surface area (Å²) in [6.45, 7) is 7.07. The van der Waals surface area contributed by atoms with Crippen LogP contribution in [0.2, 0.25) is 0 Å². The van der Waals surface area contributed by atoms with Crippen molar-refractivity contribution in [2.24, 2.45) is 7.05 Å². The number of aliphatic hydroxyl groups excluding tert-OH is 1. The van der Waals surface area contributed by atoms with Gasteiger partial charge in [-0.3, -0.25) is 19.4 Å². The van der Waals surface area contributed by atoms with Gasteiger partial charge in [-0.2, -0.15) is 0 Å². The van der Waals surface area contributed by atoms with E-state index < -0.39 is 18.3 Å². The summed E-state index contributed by atoms with van der Waals surface area (Å²) in [4.78, 5) is 42.5. The van der Waals surface area contributed by atoms with Crippen molar-refractivity contribution in [2.75, 3.05) is 54.5 Å². The SMILES string of the molecule is C[C@H]1CN(C2COC2)CCN1c1ccc(Nc2cc(-c3ccnc(N4CCn5c6c(c(F)c5C4=O)CCCC6)c3CO)cn(C)c2=O)nc1. The highest BCUT2D eigenvalue weighted by Crippen LogP contribution is 2.36. The number of anilines is 4. The first-order valence-corrected chi connectivity index (χ1v) is 17.1. The Labute approximate surface area is 283 Å². The zero-order valence-electron chi connectivity index (χ0n) is 27.9. The lowest BCUT2D eigenvalue weighted by Gasteiger charge is -2.46. The first-order chi connectivity index (χ1) is 23.8. The van der Waals surface area contributed by atoms with Crippen molar-refractivity contribution in [3.05, 3.63) is 81.5 Å². The summed E-state index contributed by atoms with van der Waals surface area (Å²) in [7, 11) is 1.66. The molecule has 7 heterocycles. The minimum atomic E-state index is -0.459. The summed E-state index contributed by atoms with van der Waals surface area (Å²) in [5.74, 6) is -0.0796. The van der Waals surface area contributed by atoms with Crippen molar-refractivity contribution in [3.8, 4) is 11.1 Å². The number of nitrogens with zero attached hydrogens (tertiary/aromatic N) is 7. The molecule has 49 heavy (non-hydrogen) atoms. The number of aliphatic hydroxyl groups is 1. The smallest absolute Gasteiger partial charge is 0.279 e. The minimum absolute atomic E-state index is 0.0711. The van der Waals surface area contributed by atoms with Gasteiger partial charge in [-0.1, -0.05) is 0 Å². The van der Waals surface area contributed by atoms with E-state index in [0.717, 1.165) is 63.5 Å². The second-order valence-corrected chi connectivity index (χ2v) is 13.5. The highest BCUT2D eigenvalue weighted by atomic mass is 19.1. The Kier molecular flexibility index (Phi) is 8.21. The molecule has 4 aromatic rings. The van der Waals surface area contributed by atoms with E-state index in [1.54, 1.807) is 31.6 Å². The fraction of sp³-hybridized carbons (Fsp3) is 0.444. The maximum Gasteiger partial charge on any atom is 0.279 e. The predicted molar refractivity (Wildman–Crippen MR) is 184 cm³/mol. The zero-order chi connectivity index (χ0) is 33.8. The average Bonchev–Trinajstić information content (AvgIpc) is 3.38. The molecule has 3 aliphatic heterocycles. The Hall–Kier alpha value is -4.59. The molecular formula is C36H41FN8O4. The molecule has 4 aromatic heterocycles. The lowest BCUT2D eigenvalue weighted by atomic mass is 9.97. The highest BCUT2D eigenvalue weighted by molar-refractivity contribution is 6.06. The standard InChI is InChI=1S/C36H41FN8O4/c1-22-17-42(25-20-49-21-25)11-12-43(22)24-7-8-31(39-16-24)40-29-15-23(18-41(2)35(29)47)26-9-10-38-34(28(26)19-46)45-14-13-44-30-6-4-3-5-27(30)32(37)33(44)36(45)48/h7-10,15-16,18,22,25,46H,3-6,11-14,17,19-21H2,1-2H3,(H,39,40)/t22-/m0/s1. The number of ether oxygens (including phenoxy) is 1. The molecule has 0 bridgehead atoms. The van der Waals surface area contributed by atoms with Gasteiger partial charge in [0.25, 0.3) is 11.5 Å². The predicted octanol–water partition coefficient (Wildman–Crippen LogP) is 3.47. The number of carbonyl (C=O) groups is 1. The third-order valence-corrected chi connectivity index (χ3v) is 10.6. The summed E-state index contributed by atoms with van der Waals surface area (Å²) < 4.78 is 24.3. The number of piperazine rings is 1. The van der Waals surface area contributed by atoms with E-state index in [2.05, 4.69) is 32.0 Å². The third kappa shape index (κ3) is 5.49. The van der Waals surface area contributed by atoms with Crippen molar-refractivity contribution in [1.29, 1.82) is 0 Å². The summed E-state index contributed by atoms with van der Waals surface area (Å²) in [5.41, 5.74) is 4.43. The van der Waals surface area contributed by atoms with E-state index in [9.17, 15) is 14.7 Å². The molecule has 0 radical (unpaired) electrons. The van der Waals surface area contributed by atoms with Gasteiger partial charge in [-0.25, -0.2) is 14.4 Å². The van der Waals surface area contributed by atoms with Crippen molar-refractivity contribution in [2.45, 2.75) is 57.8 Å². The molecule has 4 aliphatic rings. The van der Waals surface area contributed by atoms with Crippen LogP contribution in [0.3, 0.4) is 0 Å². The van der Waals surface area contributed by atoms with Crippen molar-refractivity contribution >= 4 is 28.9 Å². The van der Waals surface area contributed by atoms with Gasteiger partial charge in [-0.15, -0.1) is 0 Å². The fourth-order valence-electron chi connectivity index (χ4n) is 7.90. The Morgan fingerprint density at radius 1 is 1.06 bits per heavy atom. The molecule has 13 heteroatoms. The maximum atomic E-state index is 15.6. The first kappa shape index (κ1) is 31.7. The van der Waals surface area contributed by atoms with Crippen LogP contribution in [-0.2, 0) is 37.8 Å². The van der Waals surface area contributed by atoms with E-state index in [1.807, 2.05) is 22.9 Å². The molecule has 12 nitrogen and oxygen atoms in total. The fourth-order valence-corrected chi connectivity index (χ4v) is 7.90. The molecule has 1 aliphatic carbocycles. The van der Waals surface area contributed by atoms with Crippen LogP contribution in [0.4, 0.5) is 27.4 Å². The number of nitrogens with one attached hydrogen (secondary N) is 1. The number of aromatic nitrogens is 4. The van der Waals surface area contributed by atoms with Gasteiger partial charge in [0.05, 0.1) is 37.7 Å². The van der Waals surface area contributed by atoms with Gasteiger partial charge in [0.2, 0.25) is 0 Å². The number of hydrogen-bond acceptors (Lipinski definition) is 9. The van der Waals surface area contributed by atoms with E-state index in [0.29, 0.717) is 65.4 Å². The molecule has 0 unspecified atom stereocenters. The van der Waals surface area contributed by atoms with Crippen LogP contribution < -0.4 is 20.7 Å². The van der Waals surface area contributed by atoms with E-state index >= 15 is 4.39 Å². The molecule has 0 aromatic carbocycles. The molecule has 2 N–H and O–H groups in total. The quantitative estimate of drug-likeness (QED) is 0.305. The van der Waals surface area contributed by atoms with Crippen LogP contribution in [0.1, 0.15) is 47.1 Å². The summed E-state index contributed by atoms with van der Waals surface area (Å²) in [5, 5.41) is 13.8. The molecule has 2 saturated heterocycles. The lowest BCUT2D eigenvalue weighted by Crippen LogP contribution is -2.59. The average molecular weight is 669 g/mol. The van der Waals surface area contributed by atoms with Gasteiger partial charge in [0, 0.05) is 80.6 Å². The molecule has 256 valence electrons. The molecule has 0 spiro atoms. The highest BCUT2D eigenvalue weighted by Gasteiger charge is 2.37. The molecule has 2 fully saturated rings. The number of pyridine rings is 3. The van der Waals surface area contributed by atoms with Crippen molar-refractivity contribution < 1.29 is 19.0 Å². The Morgan fingerprint density at radius 3 is 2.63 bits per heavy atom. The number of amides is 1. The van der Waals surface area contributed by atoms with E-state index in [4.69, 9.17) is 4.74 Å². The minimum Gasteiger partial charge on any atom is -0.392 e. The first-order valence-electron chi connectivity index (χ1n) is 17.1. The lowest BCUT2D eigenvalue weighted by molar-refractivity contribution is -0.0691. The summed E-state index contributed by atoms with van der Waals surface area (Å²) in [6, 6.07) is 8.22. The third-order valence-electron chi connectivity index (χ3n) is 10.6. The van der Waals surface area contributed by atoms with Crippen LogP contribution in [0.25, 0.3) is 11.1 Å². The molecule has 1 amide bonds. The van der Waals surface area contributed by atoms with E-state index in [-0.39, 0.29) is 17.1 Å². The molecule has 0 saturated carbocycles. The van der Waals surface area contributed by atoms with Gasteiger partial charge in [-0.05, 0) is 62.4 Å². The molecule has 8 rings (SSSR count). The van der Waals surface area contributed by atoms with E-state index in [1.165, 1.54) is 9.47 Å². The van der Waals surface area contributed by atoms with Crippen LogP contribution >= 0.6 is 0 Å². The Bertz CT molecular complexity index is 1970. The van der Waals surface area contributed by atoms with Crippen molar-refractivity contribution in [3.63, 3.8) is 0 Å². The van der Waals surface area contributed by atoms with Crippen LogP contribution in [0, 0.1) is 5.82 Å². The number of carbonyl (C=O) groups excluding carboxylic acids is 1. The summed E-state index contributed by atoms with van der Waals surface area (Å²) in [6.07, 6.45) is 8.40. The Balaban J connectivity index is 1.05. The molecule has 1 atom stereocenters. The Morgan fingerprint density at radius 2 is 1.90 bits per heavy atom. The van der Waals surface area contributed by atoms with Gasteiger partial charge in [0.15, 0.2) is 5.82 Å². The van der Waals surface area contributed by atoms with Crippen molar-refractivity contribution in [1.82, 2.24) is 24.0 Å².